The highest BCUT2D eigenvalue weighted by molar-refractivity contribution is 14.0. The maximum absolute atomic E-state index is 11.5. The molecule has 1 heterocycles. The molecule has 1 unspecified atom stereocenters. The fourth-order valence-corrected chi connectivity index (χ4v) is 3.94. The molecule has 0 amide bonds. The van der Waals surface area contributed by atoms with Gasteiger partial charge in [-0.25, -0.2) is 12.7 Å². The monoisotopic (exact) mass is 488 g/mol. The van der Waals surface area contributed by atoms with Crippen molar-refractivity contribution in [2.45, 2.75) is 64.8 Å². The van der Waals surface area contributed by atoms with E-state index in [1.807, 2.05) is 0 Å². The zero-order valence-corrected chi connectivity index (χ0v) is 19.4. The van der Waals surface area contributed by atoms with E-state index in [2.05, 4.69) is 29.5 Å². The van der Waals surface area contributed by atoms with Crippen molar-refractivity contribution in [3.8, 4) is 0 Å². The van der Waals surface area contributed by atoms with Gasteiger partial charge in [-0.15, -0.1) is 24.0 Å². The minimum atomic E-state index is -3.04. The van der Waals surface area contributed by atoms with Gasteiger partial charge < -0.3 is 10.6 Å². The number of aliphatic imine (C=N–C) groups is 1. The molecule has 1 aliphatic rings. The SMILES string of the molecule is CCCCCCC(C)NC(=NC)NCC1CCN(S(C)(=O)=O)CC1.I. The van der Waals surface area contributed by atoms with E-state index >= 15 is 0 Å². The standard InChI is InChI=1S/C17H36N4O2S.HI/c1-5-6-7-8-9-15(2)20-17(18-3)19-14-16-10-12-21(13-11-16)24(4,22)23;/h15-16H,5-14H2,1-4H3,(H2,18,19,20);1H. The highest BCUT2D eigenvalue weighted by Crippen LogP contribution is 2.18. The summed E-state index contributed by atoms with van der Waals surface area (Å²) in [6.45, 7) is 6.53. The molecule has 1 atom stereocenters. The van der Waals surface area contributed by atoms with E-state index in [0.29, 0.717) is 25.0 Å². The Bertz CT molecular complexity index is 477. The maximum Gasteiger partial charge on any atom is 0.211 e. The third-order valence-electron chi connectivity index (χ3n) is 4.70. The zero-order chi connectivity index (χ0) is 18.0. The van der Waals surface area contributed by atoms with Crippen LogP contribution in [0.1, 0.15) is 58.8 Å². The van der Waals surface area contributed by atoms with E-state index < -0.39 is 10.0 Å². The third-order valence-corrected chi connectivity index (χ3v) is 6.00. The second-order valence-electron chi connectivity index (χ2n) is 6.95. The van der Waals surface area contributed by atoms with Gasteiger partial charge in [-0.1, -0.05) is 32.6 Å². The molecule has 0 aromatic rings. The van der Waals surface area contributed by atoms with Crippen LogP contribution in [0.3, 0.4) is 0 Å². The fourth-order valence-electron chi connectivity index (χ4n) is 3.06. The van der Waals surface area contributed by atoms with Crippen LogP contribution in [0.25, 0.3) is 0 Å². The molecular formula is C17H37IN4O2S. The van der Waals surface area contributed by atoms with Crippen LogP contribution in [0.15, 0.2) is 4.99 Å². The Morgan fingerprint density at radius 1 is 1.24 bits per heavy atom. The summed E-state index contributed by atoms with van der Waals surface area (Å²) in [4.78, 5) is 4.30. The van der Waals surface area contributed by atoms with E-state index in [1.165, 1.54) is 31.9 Å². The normalized spacial score (nSPS) is 18.5. The summed E-state index contributed by atoms with van der Waals surface area (Å²) in [5.41, 5.74) is 0. The molecule has 0 aromatic heterocycles. The highest BCUT2D eigenvalue weighted by atomic mass is 127. The lowest BCUT2D eigenvalue weighted by molar-refractivity contribution is 0.274. The lowest BCUT2D eigenvalue weighted by Crippen LogP contribution is -2.46. The quantitative estimate of drug-likeness (QED) is 0.227. The summed E-state index contributed by atoms with van der Waals surface area (Å²) >= 11 is 0. The molecule has 0 aromatic carbocycles. The van der Waals surface area contributed by atoms with Crippen LogP contribution in [0.5, 0.6) is 0 Å². The molecule has 0 bridgehead atoms. The average Bonchev–Trinajstić information content (AvgIpc) is 2.55. The van der Waals surface area contributed by atoms with Crippen molar-refractivity contribution in [2.75, 3.05) is 32.9 Å². The highest BCUT2D eigenvalue weighted by Gasteiger charge is 2.24. The largest absolute Gasteiger partial charge is 0.356 e. The van der Waals surface area contributed by atoms with Crippen molar-refractivity contribution in [3.63, 3.8) is 0 Å². The molecule has 0 aliphatic carbocycles. The first-order chi connectivity index (χ1) is 11.4. The Hall–Kier alpha value is -0.0900. The number of nitrogens with one attached hydrogen (secondary N) is 2. The molecular weight excluding hydrogens is 451 g/mol. The van der Waals surface area contributed by atoms with Crippen LogP contribution >= 0.6 is 24.0 Å². The van der Waals surface area contributed by atoms with Crippen molar-refractivity contribution in [1.82, 2.24) is 14.9 Å². The zero-order valence-electron chi connectivity index (χ0n) is 16.3. The number of sulfonamides is 1. The van der Waals surface area contributed by atoms with Crippen molar-refractivity contribution < 1.29 is 8.42 Å². The van der Waals surface area contributed by atoms with Gasteiger partial charge in [-0.3, -0.25) is 4.99 Å². The number of hydrogen-bond acceptors (Lipinski definition) is 3. The Labute approximate surface area is 171 Å². The first-order valence-electron chi connectivity index (χ1n) is 9.29. The maximum atomic E-state index is 11.5. The number of halogens is 1. The molecule has 8 heteroatoms. The minimum Gasteiger partial charge on any atom is -0.356 e. The predicted octanol–water partition coefficient (Wildman–Crippen LogP) is 2.80. The summed E-state index contributed by atoms with van der Waals surface area (Å²) in [5.74, 6) is 1.35. The van der Waals surface area contributed by atoms with Crippen molar-refractivity contribution in [1.29, 1.82) is 0 Å². The van der Waals surface area contributed by atoms with Gasteiger partial charge in [0, 0.05) is 32.7 Å². The van der Waals surface area contributed by atoms with Gasteiger partial charge in [0.2, 0.25) is 10.0 Å². The number of rotatable bonds is 9. The van der Waals surface area contributed by atoms with E-state index in [9.17, 15) is 8.42 Å². The number of nitrogens with zero attached hydrogens (tertiary/aromatic N) is 2. The second-order valence-corrected chi connectivity index (χ2v) is 8.94. The van der Waals surface area contributed by atoms with Crippen LogP contribution in [-0.4, -0.2) is 57.7 Å². The van der Waals surface area contributed by atoms with Crippen LogP contribution in [0.4, 0.5) is 0 Å². The Morgan fingerprint density at radius 3 is 2.40 bits per heavy atom. The molecule has 1 saturated heterocycles. The van der Waals surface area contributed by atoms with Crippen molar-refractivity contribution in [2.24, 2.45) is 10.9 Å². The average molecular weight is 488 g/mol. The second kappa shape index (κ2) is 13.1. The fraction of sp³-hybridized carbons (Fsp3) is 0.941. The Kier molecular flexibility index (Phi) is 13.1. The van der Waals surface area contributed by atoms with Gasteiger partial charge in [0.1, 0.15) is 0 Å². The summed E-state index contributed by atoms with van der Waals surface area (Å²) in [6.07, 6.45) is 9.39. The molecule has 1 rings (SSSR count). The predicted molar refractivity (Wildman–Crippen MR) is 117 cm³/mol. The van der Waals surface area contributed by atoms with Gasteiger partial charge in [0.15, 0.2) is 5.96 Å². The lowest BCUT2D eigenvalue weighted by Gasteiger charge is -2.30. The topological polar surface area (TPSA) is 73.8 Å². The van der Waals surface area contributed by atoms with Crippen molar-refractivity contribution >= 4 is 40.0 Å². The molecule has 2 N–H and O–H groups in total. The van der Waals surface area contributed by atoms with Crippen molar-refractivity contribution in [3.05, 3.63) is 0 Å². The third kappa shape index (κ3) is 10.6. The van der Waals surface area contributed by atoms with Gasteiger partial charge in [-0.05, 0) is 32.1 Å². The first kappa shape index (κ1) is 24.9. The number of hydrogen-bond donors (Lipinski definition) is 2. The first-order valence-corrected chi connectivity index (χ1v) is 11.1. The van der Waals surface area contributed by atoms with Crippen LogP contribution < -0.4 is 10.6 Å². The van der Waals surface area contributed by atoms with Crippen LogP contribution in [0.2, 0.25) is 0 Å². The van der Waals surface area contributed by atoms with Gasteiger partial charge in [0.05, 0.1) is 6.26 Å². The minimum absolute atomic E-state index is 0. The number of unbranched alkanes of at least 4 members (excludes halogenated alkanes) is 3. The summed E-state index contributed by atoms with van der Waals surface area (Å²) in [6, 6.07) is 0.417. The van der Waals surface area contributed by atoms with E-state index in [0.717, 1.165) is 31.8 Å². The molecule has 6 nitrogen and oxygen atoms in total. The van der Waals surface area contributed by atoms with Crippen LogP contribution in [0, 0.1) is 5.92 Å². The van der Waals surface area contributed by atoms with Gasteiger partial charge in [0.25, 0.3) is 0 Å². The molecule has 0 radical (unpaired) electrons. The molecule has 1 aliphatic heterocycles. The molecule has 0 spiro atoms. The van der Waals surface area contributed by atoms with Gasteiger partial charge in [-0.2, -0.15) is 0 Å². The lowest BCUT2D eigenvalue weighted by atomic mass is 9.98. The smallest absolute Gasteiger partial charge is 0.211 e. The molecule has 1 fully saturated rings. The van der Waals surface area contributed by atoms with E-state index in [4.69, 9.17) is 0 Å². The van der Waals surface area contributed by atoms with Gasteiger partial charge >= 0.3 is 0 Å². The molecule has 25 heavy (non-hydrogen) atoms. The Balaban J connectivity index is 0.00000576. The van der Waals surface area contributed by atoms with Crippen LogP contribution in [-0.2, 0) is 10.0 Å². The summed E-state index contributed by atoms with van der Waals surface area (Å²) in [7, 11) is -1.24. The number of guanidine groups is 1. The number of piperidine rings is 1. The van der Waals surface area contributed by atoms with E-state index in [1.54, 1.807) is 11.4 Å². The summed E-state index contributed by atoms with van der Waals surface area (Å²) < 4.78 is 24.6. The molecule has 150 valence electrons. The van der Waals surface area contributed by atoms with E-state index in [-0.39, 0.29) is 24.0 Å². The Morgan fingerprint density at radius 2 is 1.88 bits per heavy atom. The summed E-state index contributed by atoms with van der Waals surface area (Å²) in [5, 5.41) is 6.84. The molecule has 0 saturated carbocycles.